The highest BCUT2D eigenvalue weighted by Gasteiger charge is 2.18. The van der Waals surface area contributed by atoms with Crippen molar-refractivity contribution in [3.63, 3.8) is 0 Å². The molecule has 0 unspecified atom stereocenters. The lowest BCUT2D eigenvalue weighted by molar-refractivity contribution is 1.28. The van der Waals surface area contributed by atoms with Gasteiger partial charge in [-0.3, -0.25) is 0 Å². The summed E-state index contributed by atoms with van der Waals surface area (Å²) in [6, 6.07) is 52.1. The maximum absolute atomic E-state index is 4.11. The highest BCUT2D eigenvalue weighted by atomic mass is 32.1. The molecule has 0 bridgehead atoms. The molecule has 0 saturated carbocycles. The number of nitrogens with zero attached hydrogens (tertiary/aromatic N) is 1. The number of hydrogen-bond acceptors (Lipinski definition) is 2. The predicted molar refractivity (Wildman–Crippen MR) is 188 cm³/mol. The van der Waals surface area contributed by atoms with Gasteiger partial charge in [0.25, 0.3) is 0 Å². The van der Waals surface area contributed by atoms with Crippen LogP contribution in [-0.2, 0) is 0 Å². The van der Waals surface area contributed by atoms with Crippen LogP contribution in [0.4, 0.5) is 17.1 Å². The van der Waals surface area contributed by atoms with E-state index in [1.54, 1.807) is 0 Å². The highest BCUT2D eigenvalue weighted by Crippen LogP contribution is 2.43. The van der Waals surface area contributed by atoms with Crippen LogP contribution in [0.15, 0.2) is 164 Å². The molecule has 1 nitrogen and oxygen atoms in total. The molecule has 0 aliphatic rings. The lowest BCUT2D eigenvalue weighted by Crippen LogP contribution is -2.10. The lowest BCUT2D eigenvalue weighted by atomic mass is 9.90. The van der Waals surface area contributed by atoms with E-state index < -0.39 is 0 Å². The van der Waals surface area contributed by atoms with Crippen LogP contribution in [0, 0.1) is 6.92 Å². The van der Waals surface area contributed by atoms with Crippen molar-refractivity contribution in [3.8, 4) is 11.1 Å². The molecule has 7 rings (SSSR count). The molecule has 0 atom stereocenters. The molecular weight excluding hydrogens is 539 g/mol. The molecule has 6 aromatic carbocycles. The van der Waals surface area contributed by atoms with Gasteiger partial charge in [-0.15, -0.1) is 11.3 Å². The zero-order valence-corrected chi connectivity index (χ0v) is 24.9. The molecule has 0 amide bonds. The first-order chi connectivity index (χ1) is 21.2. The SMILES string of the molecule is C=C/C=C(/c1cccc(N(c2ccccc2)c2ccc(-c3ccccc3)cc2)c1)c1c(C)ccc2sc3ccccc3c12. The van der Waals surface area contributed by atoms with Crippen LogP contribution in [0.2, 0.25) is 0 Å². The molecule has 0 radical (unpaired) electrons. The summed E-state index contributed by atoms with van der Waals surface area (Å²) in [4.78, 5) is 2.33. The molecule has 7 aromatic rings. The minimum absolute atomic E-state index is 1.10. The Morgan fingerprint density at radius 2 is 1.26 bits per heavy atom. The maximum atomic E-state index is 4.11. The fraction of sp³-hybridized carbons (Fsp3) is 0.0244. The Bertz CT molecular complexity index is 2080. The number of aryl methyl sites for hydroxylation is 1. The van der Waals surface area contributed by atoms with Gasteiger partial charge in [0.2, 0.25) is 0 Å². The molecule has 0 N–H and O–H groups in total. The van der Waals surface area contributed by atoms with E-state index in [2.05, 4.69) is 170 Å². The molecule has 206 valence electrons. The average molecular weight is 570 g/mol. The number of rotatable bonds is 7. The van der Waals surface area contributed by atoms with Crippen LogP contribution in [0.1, 0.15) is 16.7 Å². The highest BCUT2D eigenvalue weighted by molar-refractivity contribution is 7.25. The van der Waals surface area contributed by atoms with E-state index in [0.29, 0.717) is 0 Å². The Kier molecular flexibility index (Phi) is 7.20. The van der Waals surface area contributed by atoms with E-state index in [9.17, 15) is 0 Å². The van der Waals surface area contributed by atoms with Gasteiger partial charge in [-0.05, 0) is 88.8 Å². The Balaban J connectivity index is 1.38. The molecule has 1 aromatic heterocycles. The fourth-order valence-corrected chi connectivity index (χ4v) is 7.09. The predicted octanol–water partition coefficient (Wildman–Crippen LogP) is 12.1. The third kappa shape index (κ3) is 5.07. The zero-order valence-electron chi connectivity index (χ0n) is 24.1. The number of para-hydroxylation sites is 1. The molecule has 2 heteroatoms. The Morgan fingerprint density at radius 3 is 2.02 bits per heavy atom. The first-order valence-corrected chi connectivity index (χ1v) is 15.4. The Labute approximate surface area is 257 Å². The van der Waals surface area contributed by atoms with Crippen molar-refractivity contribution in [1.29, 1.82) is 0 Å². The van der Waals surface area contributed by atoms with Crippen LogP contribution in [0.3, 0.4) is 0 Å². The molecule has 0 aliphatic carbocycles. The van der Waals surface area contributed by atoms with Gasteiger partial charge >= 0.3 is 0 Å². The summed E-state index contributed by atoms with van der Waals surface area (Å²) in [5.41, 5.74) is 10.6. The van der Waals surface area contributed by atoms with Gasteiger partial charge in [-0.2, -0.15) is 0 Å². The molecule has 1 heterocycles. The van der Waals surface area contributed by atoms with Crippen LogP contribution >= 0.6 is 11.3 Å². The second kappa shape index (κ2) is 11.6. The standard InChI is InChI=1S/C41H31NS/c1-3-13-36(40-29(2)22-27-39-41(40)37-20-10-11-21-38(37)43-39)32-16-12-19-35(28-32)42(33-17-8-5-9-18-33)34-25-23-31(24-26-34)30-14-6-4-7-15-30/h3-28H,1H2,2H3/b36-13-. The van der Waals surface area contributed by atoms with Gasteiger partial charge in [0.15, 0.2) is 0 Å². The van der Waals surface area contributed by atoms with Gasteiger partial charge in [0, 0.05) is 37.2 Å². The zero-order chi connectivity index (χ0) is 29.2. The summed E-state index contributed by atoms with van der Waals surface area (Å²) in [6.45, 7) is 6.33. The van der Waals surface area contributed by atoms with Crippen molar-refractivity contribution >= 4 is 54.1 Å². The van der Waals surface area contributed by atoms with Crippen molar-refractivity contribution in [3.05, 3.63) is 181 Å². The molecule has 0 saturated heterocycles. The van der Waals surface area contributed by atoms with Crippen LogP contribution < -0.4 is 4.90 Å². The summed E-state index contributed by atoms with van der Waals surface area (Å²) in [7, 11) is 0. The largest absolute Gasteiger partial charge is 0.310 e. The molecule has 0 fully saturated rings. The first kappa shape index (κ1) is 26.7. The summed E-state index contributed by atoms with van der Waals surface area (Å²) < 4.78 is 2.61. The monoisotopic (exact) mass is 569 g/mol. The number of fused-ring (bicyclic) bond motifs is 3. The van der Waals surface area contributed by atoms with E-state index in [1.165, 1.54) is 48.0 Å². The van der Waals surface area contributed by atoms with Crippen LogP contribution in [0.5, 0.6) is 0 Å². The van der Waals surface area contributed by atoms with Gasteiger partial charge in [0.05, 0.1) is 0 Å². The van der Waals surface area contributed by atoms with E-state index >= 15 is 0 Å². The molecule has 0 aliphatic heterocycles. The third-order valence-corrected chi connectivity index (χ3v) is 9.10. The fourth-order valence-electron chi connectivity index (χ4n) is 5.98. The second-order valence-electron chi connectivity index (χ2n) is 10.7. The normalized spacial score (nSPS) is 11.6. The summed E-state index contributed by atoms with van der Waals surface area (Å²) in [6.07, 6.45) is 4.07. The molecular formula is C41H31NS. The maximum Gasteiger partial charge on any atom is 0.0467 e. The van der Waals surface area contributed by atoms with Crippen LogP contribution in [-0.4, -0.2) is 0 Å². The number of allylic oxidation sites excluding steroid dienone is 2. The van der Waals surface area contributed by atoms with Crippen molar-refractivity contribution in [2.24, 2.45) is 0 Å². The Hall–Kier alpha value is -5.18. The number of benzene rings is 6. The smallest absolute Gasteiger partial charge is 0.0467 e. The third-order valence-electron chi connectivity index (χ3n) is 7.97. The number of hydrogen-bond donors (Lipinski definition) is 0. The van der Waals surface area contributed by atoms with E-state index in [1.807, 2.05) is 17.4 Å². The van der Waals surface area contributed by atoms with E-state index in [-0.39, 0.29) is 0 Å². The van der Waals surface area contributed by atoms with Crippen molar-refractivity contribution in [2.45, 2.75) is 6.92 Å². The summed E-state index contributed by atoms with van der Waals surface area (Å²) in [5.74, 6) is 0. The topological polar surface area (TPSA) is 3.24 Å². The number of thiophene rings is 1. The van der Waals surface area contributed by atoms with Crippen molar-refractivity contribution in [1.82, 2.24) is 0 Å². The second-order valence-corrected chi connectivity index (χ2v) is 11.8. The van der Waals surface area contributed by atoms with E-state index in [0.717, 1.165) is 22.6 Å². The van der Waals surface area contributed by atoms with Gasteiger partial charge < -0.3 is 4.90 Å². The van der Waals surface area contributed by atoms with Crippen LogP contribution in [0.25, 0.3) is 36.9 Å². The van der Waals surface area contributed by atoms with Gasteiger partial charge in [0.1, 0.15) is 0 Å². The first-order valence-electron chi connectivity index (χ1n) is 14.6. The van der Waals surface area contributed by atoms with Crippen molar-refractivity contribution < 1.29 is 0 Å². The summed E-state index contributed by atoms with van der Waals surface area (Å²) in [5, 5.41) is 2.62. The minimum Gasteiger partial charge on any atom is -0.310 e. The average Bonchev–Trinajstić information content (AvgIpc) is 3.44. The minimum atomic E-state index is 1.10. The molecule has 0 spiro atoms. The molecule has 43 heavy (non-hydrogen) atoms. The van der Waals surface area contributed by atoms with Gasteiger partial charge in [-0.1, -0.05) is 116 Å². The van der Waals surface area contributed by atoms with E-state index in [4.69, 9.17) is 0 Å². The number of anilines is 3. The van der Waals surface area contributed by atoms with Gasteiger partial charge in [-0.25, -0.2) is 0 Å². The quantitative estimate of drug-likeness (QED) is 0.173. The Morgan fingerprint density at radius 1 is 0.605 bits per heavy atom. The van der Waals surface area contributed by atoms with Crippen molar-refractivity contribution in [2.75, 3.05) is 4.90 Å². The summed E-state index contributed by atoms with van der Waals surface area (Å²) >= 11 is 1.86. The lowest BCUT2D eigenvalue weighted by Gasteiger charge is -2.26.